The van der Waals surface area contributed by atoms with Crippen molar-refractivity contribution in [3.05, 3.63) is 70.2 Å². The minimum atomic E-state index is -0.0561. The van der Waals surface area contributed by atoms with Crippen LogP contribution in [0.15, 0.2) is 52.9 Å². The number of aromatic nitrogens is 2. The van der Waals surface area contributed by atoms with Crippen LogP contribution < -0.4 is 5.56 Å². The average Bonchev–Trinajstić information content (AvgIpc) is 2.49. The number of aromatic amines is 1. The van der Waals surface area contributed by atoms with Gasteiger partial charge in [0.1, 0.15) is 0 Å². The van der Waals surface area contributed by atoms with Crippen molar-refractivity contribution in [1.82, 2.24) is 9.97 Å². The monoisotopic (exact) mass is 318 g/mol. The molecule has 0 saturated carbocycles. The van der Waals surface area contributed by atoms with Crippen LogP contribution in [0.4, 0.5) is 0 Å². The van der Waals surface area contributed by atoms with Crippen molar-refractivity contribution in [1.29, 1.82) is 0 Å². The van der Waals surface area contributed by atoms with Crippen LogP contribution >= 0.6 is 23.5 Å². The Morgan fingerprint density at radius 3 is 2.76 bits per heavy atom. The minimum absolute atomic E-state index is 0.0561. The lowest BCUT2D eigenvalue weighted by Crippen LogP contribution is -2.18. The number of nitrogens with zero attached hydrogens (tertiary/aromatic N) is 1. The van der Waals surface area contributed by atoms with Gasteiger partial charge < -0.3 is 4.98 Å². The Labute approximate surface area is 133 Å². The van der Waals surface area contributed by atoms with E-state index in [1.807, 2.05) is 24.5 Å². The normalized spacial score (nSPS) is 10.5. The molecule has 2 rings (SSSR count). The lowest BCUT2D eigenvalue weighted by atomic mass is 10.0. The Morgan fingerprint density at radius 2 is 2.10 bits per heavy atom. The summed E-state index contributed by atoms with van der Waals surface area (Å²) in [5.74, 6) is 0. The molecule has 0 spiro atoms. The van der Waals surface area contributed by atoms with Gasteiger partial charge in [0.05, 0.1) is 5.69 Å². The molecular formula is C16H18N2OS2. The van der Waals surface area contributed by atoms with Crippen molar-refractivity contribution in [2.24, 2.45) is 0 Å². The second-order valence-electron chi connectivity index (χ2n) is 4.50. The van der Waals surface area contributed by atoms with Gasteiger partial charge in [0.2, 0.25) is 0 Å². The number of H-pyrrole nitrogens is 1. The van der Waals surface area contributed by atoms with E-state index in [2.05, 4.69) is 28.7 Å². The third kappa shape index (κ3) is 4.51. The molecule has 2 aromatic rings. The third-order valence-electron chi connectivity index (χ3n) is 2.96. The summed E-state index contributed by atoms with van der Waals surface area (Å²) in [4.78, 5) is 19.7. The number of nitrogens with one attached hydrogen (secondary N) is 1. The molecule has 1 N–H and O–H groups in total. The van der Waals surface area contributed by atoms with Gasteiger partial charge in [-0.2, -0.15) is 11.8 Å². The van der Waals surface area contributed by atoms with Crippen LogP contribution in [0.1, 0.15) is 16.8 Å². The van der Waals surface area contributed by atoms with Gasteiger partial charge in [-0.25, -0.2) is 4.98 Å². The second-order valence-corrected chi connectivity index (χ2v) is 6.70. The highest BCUT2D eigenvalue weighted by molar-refractivity contribution is 8.15. The molecule has 1 aromatic carbocycles. The maximum atomic E-state index is 12.2. The molecule has 0 bridgehead atoms. The molecule has 3 nitrogen and oxygen atoms in total. The van der Waals surface area contributed by atoms with Gasteiger partial charge in [-0.15, -0.1) is 6.58 Å². The Morgan fingerprint density at radius 1 is 1.33 bits per heavy atom. The van der Waals surface area contributed by atoms with Crippen molar-refractivity contribution in [2.75, 3.05) is 11.3 Å². The lowest BCUT2D eigenvalue weighted by molar-refractivity contribution is 0.847. The molecule has 1 aromatic heterocycles. The first-order valence-corrected chi connectivity index (χ1v) is 9.01. The van der Waals surface area contributed by atoms with Gasteiger partial charge in [0.25, 0.3) is 5.56 Å². The molecule has 0 aliphatic rings. The third-order valence-corrected chi connectivity index (χ3v) is 4.84. The number of hydrogen-bond donors (Lipinski definition) is 1. The highest BCUT2D eigenvalue weighted by atomic mass is 32.2. The summed E-state index contributed by atoms with van der Waals surface area (Å²) < 4.78 is 0. The Balaban J connectivity index is 2.37. The number of thioether (sulfide) groups is 2. The molecule has 0 unspecified atom stereocenters. The molecule has 0 aliphatic heterocycles. The number of hydrogen-bond acceptors (Lipinski definition) is 4. The van der Waals surface area contributed by atoms with E-state index in [9.17, 15) is 4.79 Å². The fourth-order valence-electron chi connectivity index (χ4n) is 2.00. The summed E-state index contributed by atoms with van der Waals surface area (Å²) in [5, 5.41) is 1.56. The maximum absolute atomic E-state index is 12.2. The maximum Gasteiger partial charge on any atom is 0.255 e. The Kier molecular flexibility index (Phi) is 6.14. The van der Waals surface area contributed by atoms with Crippen molar-refractivity contribution < 1.29 is 0 Å². The van der Waals surface area contributed by atoms with Gasteiger partial charge in [0, 0.05) is 17.1 Å². The fourth-order valence-corrected chi connectivity index (χ4v) is 3.25. The van der Waals surface area contributed by atoms with E-state index in [-0.39, 0.29) is 5.56 Å². The van der Waals surface area contributed by atoms with E-state index >= 15 is 0 Å². The Hall–Kier alpha value is -1.46. The Bertz CT molecular complexity index is 653. The minimum Gasteiger partial charge on any atom is -0.301 e. The van der Waals surface area contributed by atoms with Gasteiger partial charge in [-0.3, -0.25) is 4.79 Å². The van der Waals surface area contributed by atoms with Crippen molar-refractivity contribution >= 4 is 23.5 Å². The largest absolute Gasteiger partial charge is 0.301 e. The summed E-state index contributed by atoms with van der Waals surface area (Å²) in [5.41, 5.74) is 2.65. The zero-order valence-corrected chi connectivity index (χ0v) is 13.6. The van der Waals surface area contributed by atoms with Crippen LogP contribution in [0.25, 0.3) is 0 Å². The number of rotatable bonds is 7. The van der Waals surface area contributed by atoms with E-state index in [1.165, 1.54) is 0 Å². The molecular weight excluding hydrogens is 300 g/mol. The van der Waals surface area contributed by atoms with E-state index < -0.39 is 0 Å². The summed E-state index contributed by atoms with van der Waals surface area (Å²) >= 11 is 3.27. The van der Waals surface area contributed by atoms with Crippen LogP contribution in [-0.4, -0.2) is 21.3 Å². The van der Waals surface area contributed by atoms with E-state index in [0.29, 0.717) is 23.6 Å². The first kappa shape index (κ1) is 15.9. The fraction of sp³-hybridized carbons (Fsp3) is 0.250. The quantitative estimate of drug-likeness (QED) is 0.367. The van der Waals surface area contributed by atoms with Gasteiger partial charge >= 0.3 is 0 Å². The zero-order chi connectivity index (χ0) is 15.1. The van der Waals surface area contributed by atoms with Crippen LogP contribution in [0.2, 0.25) is 0 Å². The van der Waals surface area contributed by atoms with E-state index in [1.54, 1.807) is 29.6 Å². The van der Waals surface area contributed by atoms with Gasteiger partial charge in [0.15, 0.2) is 5.16 Å². The number of benzene rings is 1. The van der Waals surface area contributed by atoms with E-state index in [0.717, 1.165) is 16.3 Å². The van der Waals surface area contributed by atoms with Crippen LogP contribution in [0, 0.1) is 0 Å². The summed E-state index contributed by atoms with van der Waals surface area (Å²) in [6.07, 6.45) is 4.98. The molecule has 0 amide bonds. The SMILES string of the molecule is C=CCc1c(Cc2ccccc2)nc(SCSC)[nH]c1=O. The molecule has 0 fully saturated rings. The van der Waals surface area contributed by atoms with Gasteiger partial charge in [-0.1, -0.05) is 48.2 Å². The van der Waals surface area contributed by atoms with Crippen molar-refractivity contribution in [2.45, 2.75) is 18.0 Å². The topological polar surface area (TPSA) is 45.8 Å². The molecule has 1 heterocycles. The smallest absolute Gasteiger partial charge is 0.255 e. The van der Waals surface area contributed by atoms with Crippen LogP contribution in [0.3, 0.4) is 0 Å². The summed E-state index contributed by atoms with van der Waals surface area (Å²) in [6, 6.07) is 10.1. The van der Waals surface area contributed by atoms with Crippen molar-refractivity contribution in [3.63, 3.8) is 0 Å². The molecule has 0 saturated heterocycles. The molecule has 0 radical (unpaired) electrons. The predicted molar refractivity (Wildman–Crippen MR) is 92.2 cm³/mol. The molecule has 110 valence electrons. The highest BCUT2D eigenvalue weighted by Gasteiger charge is 2.11. The zero-order valence-electron chi connectivity index (χ0n) is 12.0. The molecule has 5 heteroatoms. The second kappa shape index (κ2) is 8.10. The van der Waals surface area contributed by atoms with E-state index in [4.69, 9.17) is 0 Å². The van der Waals surface area contributed by atoms with Crippen LogP contribution in [-0.2, 0) is 12.8 Å². The summed E-state index contributed by atoms with van der Waals surface area (Å²) in [6.45, 7) is 3.73. The van der Waals surface area contributed by atoms with Gasteiger partial charge in [-0.05, 0) is 18.2 Å². The molecule has 0 aliphatic carbocycles. The highest BCUT2D eigenvalue weighted by Crippen LogP contribution is 2.18. The first-order valence-electron chi connectivity index (χ1n) is 6.63. The number of allylic oxidation sites excluding steroid dienone is 1. The average molecular weight is 318 g/mol. The predicted octanol–water partition coefficient (Wildman–Crippen LogP) is 3.50. The molecule has 0 atom stereocenters. The summed E-state index contributed by atoms with van der Waals surface area (Å²) in [7, 11) is 0. The van der Waals surface area contributed by atoms with Crippen LogP contribution in [0.5, 0.6) is 0 Å². The van der Waals surface area contributed by atoms with Crippen molar-refractivity contribution in [3.8, 4) is 0 Å². The first-order chi connectivity index (χ1) is 10.2. The lowest BCUT2D eigenvalue weighted by Gasteiger charge is -2.09. The standard InChI is InChI=1S/C16H18N2OS2/c1-3-7-13-14(10-12-8-5-4-6-9-12)17-16(18-15(13)19)21-11-20-2/h3-6,8-9H,1,7,10-11H2,2H3,(H,17,18,19). The molecule has 21 heavy (non-hydrogen) atoms.